The second kappa shape index (κ2) is 11.1. The molecule has 0 aliphatic rings. The van der Waals surface area contributed by atoms with Crippen LogP contribution in [0.2, 0.25) is 0 Å². The summed E-state index contributed by atoms with van der Waals surface area (Å²) in [7, 11) is -1.60. The summed E-state index contributed by atoms with van der Waals surface area (Å²) in [6, 6.07) is 8.23. The Kier molecular flexibility index (Phi) is 8.39. The van der Waals surface area contributed by atoms with Crippen molar-refractivity contribution in [2.24, 2.45) is 0 Å². The number of amides is 1. The van der Waals surface area contributed by atoms with Crippen molar-refractivity contribution in [3.05, 3.63) is 59.5 Å². The van der Waals surface area contributed by atoms with Gasteiger partial charge in [0.25, 0.3) is 5.91 Å². The molecular formula is C23H24F4N5O4P. The Hall–Kier alpha value is -3.70. The largest absolute Gasteiger partial charge is 0.495 e. The Labute approximate surface area is 209 Å². The van der Waals surface area contributed by atoms with E-state index in [1.807, 2.05) is 0 Å². The van der Waals surface area contributed by atoms with Gasteiger partial charge in [-0.1, -0.05) is 12.1 Å². The van der Waals surface area contributed by atoms with E-state index >= 15 is 0 Å². The zero-order valence-electron chi connectivity index (χ0n) is 20.2. The average molecular weight is 541 g/mol. The van der Waals surface area contributed by atoms with Crippen LogP contribution in [0.5, 0.6) is 5.75 Å². The molecule has 1 heterocycles. The van der Waals surface area contributed by atoms with Crippen molar-refractivity contribution < 1.29 is 36.5 Å². The standard InChI is InChI=1S/C23H24F4N5O4P/c1-5-36-32-21(33)13-10-18(35-2)17(11-15(13)24)30-22-28-12-14(23(25,26)27)20(31-22)29-16-8-6-7-9-19(16)37(3,4)34/h6-12H,5H2,1-4H3,(H,32,33)(H2,28,29,30,31). The Balaban J connectivity index is 2.02. The van der Waals surface area contributed by atoms with E-state index in [9.17, 15) is 26.9 Å². The molecule has 0 saturated carbocycles. The van der Waals surface area contributed by atoms with E-state index in [1.54, 1.807) is 25.1 Å². The van der Waals surface area contributed by atoms with Crippen LogP contribution in [0.1, 0.15) is 22.8 Å². The topological polar surface area (TPSA) is 114 Å². The van der Waals surface area contributed by atoms with Gasteiger partial charge in [-0.3, -0.25) is 9.63 Å². The number of aromatic nitrogens is 2. The molecule has 1 amide bonds. The first-order valence-corrected chi connectivity index (χ1v) is 13.4. The quantitative estimate of drug-likeness (QED) is 0.196. The minimum atomic E-state index is -4.81. The SMILES string of the molecule is CCONC(=O)c1cc(OC)c(Nc2ncc(C(F)(F)F)c(Nc3ccccc3P(C)(C)=O)n2)cc1F. The summed E-state index contributed by atoms with van der Waals surface area (Å²) >= 11 is 0. The molecule has 14 heteroatoms. The lowest BCUT2D eigenvalue weighted by molar-refractivity contribution is -0.137. The number of hydrogen-bond donors (Lipinski definition) is 3. The summed E-state index contributed by atoms with van der Waals surface area (Å²) in [6.45, 7) is 4.76. The molecule has 0 atom stereocenters. The summed E-state index contributed by atoms with van der Waals surface area (Å²) < 4.78 is 73.6. The number of rotatable bonds is 9. The van der Waals surface area contributed by atoms with Crippen LogP contribution in [-0.2, 0) is 15.6 Å². The van der Waals surface area contributed by atoms with Gasteiger partial charge in [-0.25, -0.2) is 14.9 Å². The van der Waals surface area contributed by atoms with Crippen molar-refractivity contribution in [3.8, 4) is 5.75 Å². The van der Waals surface area contributed by atoms with Crippen LogP contribution in [0.3, 0.4) is 0 Å². The first-order chi connectivity index (χ1) is 17.3. The van der Waals surface area contributed by atoms with Crippen molar-refractivity contribution in [2.75, 3.05) is 37.7 Å². The monoisotopic (exact) mass is 541 g/mol. The fraction of sp³-hybridized carbons (Fsp3) is 0.261. The molecule has 1 aromatic heterocycles. The molecule has 198 valence electrons. The summed E-state index contributed by atoms with van der Waals surface area (Å²) in [4.78, 5) is 24.5. The maximum absolute atomic E-state index is 14.6. The van der Waals surface area contributed by atoms with E-state index in [2.05, 4.69) is 26.1 Å². The molecule has 9 nitrogen and oxygen atoms in total. The third kappa shape index (κ3) is 6.75. The number of nitrogens with zero attached hydrogens (tertiary/aromatic N) is 2. The third-order valence-electron chi connectivity index (χ3n) is 4.92. The Bertz CT molecular complexity index is 1350. The molecule has 37 heavy (non-hydrogen) atoms. The molecule has 0 radical (unpaired) electrons. The normalized spacial score (nSPS) is 11.7. The Morgan fingerprint density at radius 2 is 1.81 bits per heavy atom. The molecule has 0 aliphatic heterocycles. The van der Waals surface area contributed by atoms with Crippen molar-refractivity contribution in [2.45, 2.75) is 13.1 Å². The number of halogens is 4. The van der Waals surface area contributed by atoms with Crippen LogP contribution in [-0.4, -0.2) is 42.9 Å². The molecule has 2 aromatic carbocycles. The van der Waals surface area contributed by atoms with Gasteiger partial charge in [-0.05, 0) is 38.5 Å². The number of carbonyl (C=O) groups is 1. The third-order valence-corrected chi connectivity index (χ3v) is 6.47. The number of benzene rings is 2. The Morgan fingerprint density at radius 1 is 1.11 bits per heavy atom. The van der Waals surface area contributed by atoms with Crippen LogP contribution in [0.15, 0.2) is 42.6 Å². The van der Waals surface area contributed by atoms with Crippen LogP contribution < -0.4 is 26.2 Å². The maximum atomic E-state index is 14.6. The summed E-state index contributed by atoms with van der Waals surface area (Å²) in [5.41, 5.74) is 0.638. The van der Waals surface area contributed by atoms with Crippen LogP contribution in [0.4, 0.5) is 40.7 Å². The number of anilines is 4. The van der Waals surface area contributed by atoms with Crippen LogP contribution in [0, 0.1) is 5.82 Å². The van der Waals surface area contributed by atoms with Crippen molar-refractivity contribution in [1.82, 2.24) is 15.4 Å². The second-order valence-electron chi connectivity index (χ2n) is 7.97. The van der Waals surface area contributed by atoms with Crippen LogP contribution in [0.25, 0.3) is 0 Å². The highest BCUT2D eigenvalue weighted by molar-refractivity contribution is 7.70. The van der Waals surface area contributed by atoms with Gasteiger partial charge in [-0.15, -0.1) is 0 Å². The average Bonchev–Trinajstić information content (AvgIpc) is 2.82. The van der Waals surface area contributed by atoms with Gasteiger partial charge in [0, 0.05) is 17.6 Å². The van der Waals surface area contributed by atoms with Crippen molar-refractivity contribution in [1.29, 1.82) is 0 Å². The van der Waals surface area contributed by atoms with Gasteiger partial charge in [0.1, 0.15) is 30.1 Å². The molecule has 0 saturated heterocycles. The highest BCUT2D eigenvalue weighted by atomic mass is 31.2. The molecule has 0 aliphatic carbocycles. The number of hydrogen-bond acceptors (Lipinski definition) is 8. The molecule has 0 bridgehead atoms. The minimum Gasteiger partial charge on any atom is -0.495 e. The molecule has 3 N–H and O–H groups in total. The maximum Gasteiger partial charge on any atom is 0.421 e. The van der Waals surface area contributed by atoms with E-state index in [4.69, 9.17) is 9.57 Å². The van der Waals surface area contributed by atoms with Gasteiger partial charge in [0.05, 0.1) is 30.7 Å². The first kappa shape index (κ1) is 27.9. The summed E-state index contributed by atoms with van der Waals surface area (Å²) in [5.74, 6) is -2.76. The summed E-state index contributed by atoms with van der Waals surface area (Å²) in [5, 5.41) is 5.55. The lowest BCUT2D eigenvalue weighted by atomic mass is 10.1. The fourth-order valence-electron chi connectivity index (χ4n) is 3.23. The number of methoxy groups -OCH3 is 1. The van der Waals surface area contributed by atoms with Gasteiger partial charge in [-0.2, -0.15) is 18.2 Å². The molecule has 0 fully saturated rings. The van der Waals surface area contributed by atoms with Gasteiger partial charge >= 0.3 is 6.18 Å². The number of ether oxygens (including phenoxy) is 1. The number of para-hydroxylation sites is 1. The van der Waals surface area contributed by atoms with Crippen molar-refractivity contribution >= 4 is 41.5 Å². The zero-order valence-corrected chi connectivity index (χ0v) is 21.1. The smallest absolute Gasteiger partial charge is 0.421 e. The molecular weight excluding hydrogens is 517 g/mol. The second-order valence-corrected chi connectivity index (χ2v) is 11.2. The van der Waals surface area contributed by atoms with Gasteiger partial charge < -0.3 is 19.9 Å². The highest BCUT2D eigenvalue weighted by Crippen LogP contribution is 2.40. The van der Waals surface area contributed by atoms with E-state index in [0.29, 0.717) is 11.5 Å². The Morgan fingerprint density at radius 3 is 2.43 bits per heavy atom. The zero-order chi connectivity index (χ0) is 27.4. The highest BCUT2D eigenvalue weighted by Gasteiger charge is 2.36. The number of alkyl halides is 3. The molecule has 0 spiro atoms. The van der Waals surface area contributed by atoms with E-state index < -0.39 is 36.4 Å². The number of nitrogens with one attached hydrogen (secondary N) is 3. The van der Waals surface area contributed by atoms with E-state index in [0.717, 1.165) is 12.1 Å². The van der Waals surface area contributed by atoms with Crippen LogP contribution >= 0.6 is 7.14 Å². The lowest BCUT2D eigenvalue weighted by Gasteiger charge is -2.18. The molecule has 3 rings (SSSR count). The molecule has 3 aromatic rings. The predicted molar refractivity (Wildman–Crippen MR) is 131 cm³/mol. The first-order valence-electron chi connectivity index (χ1n) is 10.8. The van der Waals surface area contributed by atoms with E-state index in [-0.39, 0.29) is 35.2 Å². The van der Waals surface area contributed by atoms with Crippen molar-refractivity contribution in [3.63, 3.8) is 0 Å². The summed E-state index contributed by atoms with van der Waals surface area (Å²) in [6.07, 6.45) is -4.25. The number of carbonyl (C=O) groups excluding carboxylic acids is 1. The van der Waals surface area contributed by atoms with E-state index in [1.165, 1.54) is 26.5 Å². The number of hydroxylamine groups is 1. The lowest BCUT2D eigenvalue weighted by Crippen LogP contribution is -2.24. The fourth-order valence-corrected chi connectivity index (χ4v) is 4.38. The van der Waals surface area contributed by atoms with Gasteiger partial charge in [0.2, 0.25) is 5.95 Å². The van der Waals surface area contributed by atoms with Gasteiger partial charge in [0.15, 0.2) is 0 Å². The molecule has 0 unspecified atom stereocenters. The predicted octanol–water partition coefficient (Wildman–Crippen LogP) is 5.06. The minimum absolute atomic E-state index is 0.00990.